The minimum atomic E-state index is -0.778. The fourth-order valence-electron chi connectivity index (χ4n) is 2.78. The highest BCUT2D eigenvalue weighted by atomic mass is 16.6. The Balaban J connectivity index is 1.83. The van der Waals surface area contributed by atoms with Crippen LogP contribution in [0.5, 0.6) is 0 Å². The molecule has 0 saturated carbocycles. The van der Waals surface area contributed by atoms with Gasteiger partial charge >= 0.3 is 5.97 Å². The molecule has 2 aromatic rings. The van der Waals surface area contributed by atoms with E-state index in [0.717, 1.165) is 11.1 Å². The van der Waals surface area contributed by atoms with Crippen LogP contribution in [0.4, 0.5) is 0 Å². The summed E-state index contributed by atoms with van der Waals surface area (Å²) in [6.45, 7) is 1.25. The Morgan fingerprint density at radius 2 is 1.45 bits per heavy atom. The number of aliphatic hydroxyl groups is 1. The molecule has 1 saturated heterocycles. The molecule has 2 aromatic carbocycles. The molecule has 0 bridgehead atoms. The molecular formula is C18H19NO3. The van der Waals surface area contributed by atoms with E-state index in [1.807, 2.05) is 65.6 Å². The largest absolute Gasteiger partial charge is 0.462 e. The number of aliphatic hydroxyl groups excluding tert-OH is 1. The first-order valence-electron chi connectivity index (χ1n) is 7.40. The Morgan fingerprint density at radius 1 is 0.955 bits per heavy atom. The number of rotatable bonds is 5. The van der Waals surface area contributed by atoms with Crippen LogP contribution < -0.4 is 0 Å². The van der Waals surface area contributed by atoms with Crippen molar-refractivity contribution in [2.24, 2.45) is 0 Å². The van der Waals surface area contributed by atoms with Crippen LogP contribution in [0.2, 0.25) is 0 Å². The van der Waals surface area contributed by atoms with E-state index in [2.05, 4.69) is 0 Å². The van der Waals surface area contributed by atoms with Crippen LogP contribution in [0.25, 0.3) is 0 Å². The Kier molecular flexibility index (Phi) is 4.51. The third kappa shape index (κ3) is 3.35. The minimum Gasteiger partial charge on any atom is -0.462 e. The van der Waals surface area contributed by atoms with Gasteiger partial charge in [-0.15, -0.1) is 0 Å². The zero-order valence-corrected chi connectivity index (χ0v) is 12.3. The fraction of sp³-hybridized carbons (Fsp3) is 0.278. The summed E-state index contributed by atoms with van der Waals surface area (Å²) in [5.41, 5.74) is 2.20. The molecular weight excluding hydrogens is 278 g/mol. The van der Waals surface area contributed by atoms with Crippen LogP contribution in [-0.2, 0) is 22.6 Å². The summed E-state index contributed by atoms with van der Waals surface area (Å²) in [6.07, 6.45) is -0.778. The molecule has 0 aliphatic carbocycles. The first-order chi connectivity index (χ1) is 10.7. The van der Waals surface area contributed by atoms with E-state index in [9.17, 15) is 9.90 Å². The standard InChI is InChI=1S/C18H19NO3/c20-16-13-22-18(21)17(16)19(11-14-7-3-1-4-8-14)12-15-9-5-2-6-10-15/h1-10,16-17,20H,11-13H2/t16-,17-/m1/s1. The van der Waals surface area contributed by atoms with Crippen LogP contribution >= 0.6 is 0 Å². The lowest BCUT2D eigenvalue weighted by atomic mass is 10.1. The van der Waals surface area contributed by atoms with Gasteiger partial charge < -0.3 is 9.84 Å². The highest BCUT2D eigenvalue weighted by Gasteiger charge is 2.40. The zero-order valence-electron chi connectivity index (χ0n) is 12.3. The maximum absolute atomic E-state index is 12.0. The maximum Gasteiger partial charge on any atom is 0.326 e. The number of hydrogen-bond donors (Lipinski definition) is 1. The van der Waals surface area contributed by atoms with E-state index in [-0.39, 0.29) is 12.6 Å². The van der Waals surface area contributed by atoms with Crippen molar-refractivity contribution in [2.45, 2.75) is 25.2 Å². The highest BCUT2D eigenvalue weighted by molar-refractivity contribution is 5.78. The summed E-state index contributed by atoms with van der Waals surface area (Å²) in [4.78, 5) is 14.0. The first-order valence-corrected chi connectivity index (χ1v) is 7.40. The summed E-state index contributed by atoms with van der Waals surface area (Å²) in [7, 11) is 0. The van der Waals surface area contributed by atoms with Crippen LogP contribution in [0, 0.1) is 0 Å². The van der Waals surface area contributed by atoms with Crippen molar-refractivity contribution in [3.63, 3.8) is 0 Å². The van der Waals surface area contributed by atoms with Crippen molar-refractivity contribution in [3.8, 4) is 0 Å². The number of ether oxygens (including phenoxy) is 1. The zero-order chi connectivity index (χ0) is 15.4. The molecule has 0 unspecified atom stereocenters. The van der Waals surface area contributed by atoms with Crippen molar-refractivity contribution in [1.29, 1.82) is 0 Å². The van der Waals surface area contributed by atoms with Crippen molar-refractivity contribution in [1.82, 2.24) is 4.90 Å². The molecule has 1 N–H and O–H groups in total. The highest BCUT2D eigenvalue weighted by Crippen LogP contribution is 2.20. The quantitative estimate of drug-likeness (QED) is 0.857. The molecule has 0 amide bonds. The second kappa shape index (κ2) is 6.73. The normalized spacial score (nSPS) is 21.1. The Morgan fingerprint density at radius 3 is 1.86 bits per heavy atom. The van der Waals surface area contributed by atoms with E-state index in [0.29, 0.717) is 13.1 Å². The van der Waals surface area contributed by atoms with Crippen molar-refractivity contribution >= 4 is 5.97 Å². The summed E-state index contributed by atoms with van der Waals surface area (Å²) in [6, 6.07) is 19.3. The smallest absolute Gasteiger partial charge is 0.326 e. The van der Waals surface area contributed by atoms with Gasteiger partial charge in [0, 0.05) is 13.1 Å². The van der Waals surface area contributed by atoms with E-state index in [4.69, 9.17) is 4.74 Å². The second-order valence-corrected chi connectivity index (χ2v) is 5.52. The molecule has 1 aliphatic heterocycles. The molecule has 0 aromatic heterocycles. The molecule has 0 spiro atoms. The lowest BCUT2D eigenvalue weighted by molar-refractivity contribution is -0.142. The SMILES string of the molecule is O=C1OC[C@@H](O)[C@H]1N(Cc1ccccc1)Cc1ccccc1. The monoisotopic (exact) mass is 297 g/mol. The summed E-state index contributed by atoms with van der Waals surface area (Å²) < 4.78 is 5.00. The number of cyclic esters (lactones) is 1. The molecule has 114 valence electrons. The molecule has 1 heterocycles. The predicted octanol–water partition coefficient (Wildman–Crippen LogP) is 1.98. The van der Waals surface area contributed by atoms with Gasteiger partial charge in [-0.2, -0.15) is 0 Å². The minimum absolute atomic E-state index is 0.0730. The lowest BCUT2D eigenvalue weighted by Crippen LogP contribution is -2.44. The van der Waals surface area contributed by atoms with Gasteiger partial charge in [-0.05, 0) is 11.1 Å². The Hall–Kier alpha value is -2.17. The second-order valence-electron chi connectivity index (χ2n) is 5.52. The number of nitrogens with zero attached hydrogens (tertiary/aromatic N) is 1. The van der Waals surface area contributed by atoms with Gasteiger partial charge in [-0.25, -0.2) is 0 Å². The summed E-state index contributed by atoms with van der Waals surface area (Å²) >= 11 is 0. The van der Waals surface area contributed by atoms with E-state index in [1.165, 1.54) is 0 Å². The number of benzene rings is 2. The third-order valence-electron chi connectivity index (χ3n) is 3.85. The van der Waals surface area contributed by atoms with E-state index in [1.54, 1.807) is 0 Å². The lowest BCUT2D eigenvalue weighted by Gasteiger charge is -2.28. The first kappa shape index (κ1) is 14.8. The molecule has 3 rings (SSSR count). The molecule has 4 heteroatoms. The third-order valence-corrected chi connectivity index (χ3v) is 3.85. The van der Waals surface area contributed by atoms with Crippen molar-refractivity contribution in [2.75, 3.05) is 6.61 Å². The average molecular weight is 297 g/mol. The molecule has 1 aliphatic rings. The van der Waals surface area contributed by atoms with Gasteiger partial charge in [0.15, 0.2) is 0 Å². The van der Waals surface area contributed by atoms with E-state index >= 15 is 0 Å². The van der Waals surface area contributed by atoms with Crippen LogP contribution in [0.3, 0.4) is 0 Å². The Labute approximate surface area is 130 Å². The van der Waals surface area contributed by atoms with Gasteiger partial charge in [0.2, 0.25) is 0 Å². The van der Waals surface area contributed by atoms with Gasteiger partial charge in [0.1, 0.15) is 18.8 Å². The summed E-state index contributed by atoms with van der Waals surface area (Å²) in [5.74, 6) is -0.348. The molecule has 22 heavy (non-hydrogen) atoms. The van der Waals surface area contributed by atoms with Crippen LogP contribution in [0.15, 0.2) is 60.7 Å². The van der Waals surface area contributed by atoms with Gasteiger partial charge in [-0.3, -0.25) is 9.69 Å². The predicted molar refractivity (Wildman–Crippen MR) is 82.9 cm³/mol. The van der Waals surface area contributed by atoms with Crippen LogP contribution in [-0.4, -0.2) is 34.7 Å². The topological polar surface area (TPSA) is 49.8 Å². The van der Waals surface area contributed by atoms with Gasteiger partial charge in [0.25, 0.3) is 0 Å². The molecule has 0 radical (unpaired) electrons. The van der Waals surface area contributed by atoms with Crippen LogP contribution in [0.1, 0.15) is 11.1 Å². The number of hydrogen-bond acceptors (Lipinski definition) is 4. The molecule has 1 fully saturated rings. The molecule has 4 nitrogen and oxygen atoms in total. The van der Waals surface area contributed by atoms with Crippen molar-refractivity contribution in [3.05, 3.63) is 71.8 Å². The van der Waals surface area contributed by atoms with Crippen molar-refractivity contribution < 1.29 is 14.6 Å². The van der Waals surface area contributed by atoms with Gasteiger partial charge in [-0.1, -0.05) is 60.7 Å². The van der Waals surface area contributed by atoms with E-state index < -0.39 is 12.1 Å². The summed E-state index contributed by atoms with van der Waals surface area (Å²) in [5, 5.41) is 10.1. The Bertz CT molecular complexity index is 573. The fourth-order valence-corrected chi connectivity index (χ4v) is 2.78. The number of esters is 1. The van der Waals surface area contributed by atoms with Gasteiger partial charge in [0.05, 0.1) is 0 Å². The average Bonchev–Trinajstić information content (AvgIpc) is 2.88. The number of carbonyl (C=O) groups excluding carboxylic acids is 1. The molecule has 2 atom stereocenters. The maximum atomic E-state index is 12.0. The number of carbonyl (C=O) groups is 1.